The molecule has 1 aromatic rings. The lowest BCUT2D eigenvalue weighted by Crippen LogP contribution is -1.88. The molecule has 0 fully saturated rings. The van der Waals surface area contributed by atoms with Gasteiger partial charge in [-0.05, 0) is 24.1 Å². The molecule has 0 aliphatic carbocycles. The van der Waals surface area contributed by atoms with Crippen LogP contribution < -0.4 is 0 Å². The second-order valence-corrected chi connectivity index (χ2v) is 2.92. The van der Waals surface area contributed by atoms with Gasteiger partial charge in [-0.3, -0.25) is 0 Å². The molecule has 0 saturated heterocycles. The fourth-order valence-electron chi connectivity index (χ4n) is 0.991. The second-order valence-electron chi connectivity index (χ2n) is 2.54. The first-order chi connectivity index (χ1) is 5.65. The van der Waals surface area contributed by atoms with Crippen molar-refractivity contribution in [3.05, 3.63) is 34.1 Å². The molecule has 0 atom stereocenters. The van der Waals surface area contributed by atoms with Crippen LogP contribution >= 0.6 is 11.6 Å². The molecule has 0 spiro atoms. The summed E-state index contributed by atoms with van der Waals surface area (Å²) in [6.45, 7) is 1.71. The van der Waals surface area contributed by atoms with Crippen LogP contribution in [-0.2, 0) is 6.42 Å². The summed E-state index contributed by atoms with van der Waals surface area (Å²) in [6, 6.07) is 4.96. The summed E-state index contributed by atoms with van der Waals surface area (Å²) in [5.41, 5.74) is 1.33. The van der Waals surface area contributed by atoms with Crippen LogP contribution in [0.4, 0.5) is 4.39 Å². The van der Waals surface area contributed by atoms with Crippen LogP contribution in [0.15, 0.2) is 12.1 Å². The van der Waals surface area contributed by atoms with Gasteiger partial charge >= 0.3 is 0 Å². The van der Waals surface area contributed by atoms with Crippen LogP contribution in [0.25, 0.3) is 0 Å². The molecule has 0 aromatic heterocycles. The van der Waals surface area contributed by atoms with E-state index < -0.39 is 5.82 Å². The van der Waals surface area contributed by atoms with Gasteiger partial charge in [0.2, 0.25) is 0 Å². The van der Waals surface area contributed by atoms with Crippen molar-refractivity contribution in [2.45, 2.75) is 13.3 Å². The number of hydrogen-bond donors (Lipinski definition) is 0. The Morgan fingerprint density at radius 1 is 1.58 bits per heavy atom. The number of benzene rings is 1. The first-order valence-electron chi connectivity index (χ1n) is 3.46. The van der Waals surface area contributed by atoms with Crippen molar-refractivity contribution in [1.82, 2.24) is 0 Å². The molecule has 0 radical (unpaired) electrons. The molecule has 0 aliphatic heterocycles. The molecule has 1 nitrogen and oxygen atoms in total. The Labute approximate surface area is 75.4 Å². The number of nitriles is 1. The standard InChI is InChI=1S/C9H7ClFN/c1-6-4-7(2-3-12)5-8(11)9(6)10/h4-5H,2H2,1H3. The van der Waals surface area contributed by atoms with Crippen molar-refractivity contribution in [3.8, 4) is 6.07 Å². The Balaban J connectivity index is 3.14. The van der Waals surface area contributed by atoms with Crippen molar-refractivity contribution in [2.24, 2.45) is 0 Å². The lowest BCUT2D eigenvalue weighted by molar-refractivity contribution is 0.625. The van der Waals surface area contributed by atoms with Crippen molar-refractivity contribution in [3.63, 3.8) is 0 Å². The molecular formula is C9H7ClFN. The average Bonchev–Trinajstić information content (AvgIpc) is 2.01. The molecule has 0 amide bonds. The zero-order chi connectivity index (χ0) is 9.14. The van der Waals surface area contributed by atoms with Gasteiger partial charge in [0.05, 0.1) is 17.5 Å². The Bertz CT molecular complexity index is 318. The fraction of sp³-hybridized carbons (Fsp3) is 0.222. The highest BCUT2D eigenvalue weighted by molar-refractivity contribution is 6.31. The Kier molecular flexibility index (Phi) is 2.67. The van der Waals surface area contributed by atoms with Crippen LogP contribution in [0.1, 0.15) is 11.1 Å². The minimum Gasteiger partial charge on any atom is -0.205 e. The van der Waals surface area contributed by atoms with Gasteiger partial charge in [-0.2, -0.15) is 5.26 Å². The van der Waals surface area contributed by atoms with Gasteiger partial charge in [-0.1, -0.05) is 17.7 Å². The van der Waals surface area contributed by atoms with E-state index in [1.165, 1.54) is 6.07 Å². The smallest absolute Gasteiger partial charge is 0.142 e. The average molecular weight is 184 g/mol. The van der Waals surface area contributed by atoms with E-state index >= 15 is 0 Å². The van der Waals surface area contributed by atoms with Crippen molar-refractivity contribution in [1.29, 1.82) is 5.26 Å². The van der Waals surface area contributed by atoms with E-state index in [0.717, 1.165) is 0 Å². The number of nitrogens with zero attached hydrogens (tertiary/aromatic N) is 1. The third kappa shape index (κ3) is 1.75. The van der Waals surface area contributed by atoms with Crippen molar-refractivity contribution >= 4 is 11.6 Å². The summed E-state index contributed by atoms with van der Waals surface area (Å²) in [4.78, 5) is 0. The van der Waals surface area contributed by atoms with Gasteiger partial charge < -0.3 is 0 Å². The number of aryl methyl sites for hydroxylation is 1. The third-order valence-corrected chi connectivity index (χ3v) is 2.03. The third-order valence-electron chi connectivity index (χ3n) is 1.55. The van der Waals surface area contributed by atoms with E-state index in [2.05, 4.69) is 0 Å². The quantitative estimate of drug-likeness (QED) is 0.657. The molecule has 3 heteroatoms. The largest absolute Gasteiger partial charge is 0.205 e. The molecule has 0 bridgehead atoms. The first kappa shape index (κ1) is 9.02. The monoisotopic (exact) mass is 183 g/mol. The van der Waals surface area contributed by atoms with Gasteiger partial charge in [0.25, 0.3) is 0 Å². The molecule has 1 aromatic carbocycles. The predicted octanol–water partition coefficient (Wildman–Crippen LogP) is 2.85. The SMILES string of the molecule is Cc1cc(CC#N)cc(F)c1Cl. The molecule has 0 aliphatic rings. The maximum Gasteiger partial charge on any atom is 0.142 e. The van der Waals surface area contributed by atoms with Gasteiger partial charge in [0.15, 0.2) is 0 Å². The van der Waals surface area contributed by atoms with Gasteiger partial charge in [0, 0.05) is 0 Å². The molecular weight excluding hydrogens is 177 g/mol. The molecule has 0 saturated carbocycles. The van der Waals surface area contributed by atoms with Gasteiger partial charge in [-0.15, -0.1) is 0 Å². The topological polar surface area (TPSA) is 23.8 Å². The highest BCUT2D eigenvalue weighted by Gasteiger charge is 2.04. The van der Waals surface area contributed by atoms with Crippen LogP contribution in [0, 0.1) is 24.1 Å². The molecule has 12 heavy (non-hydrogen) atoms. The summed E-state index contributed by atoms with van der Waals surface area (Å²) in [5.74, 6) is -0.457. The van der Waals surface area contributed by atoms with E-state index in [-0.39, 0.29) is 11.4 Å². The summed E-state index contributed by atoms with van der Waals surface area (Å²) >= 11 is 5.59. The van der Waals surface area contributed by atoms with Crippen molar-refractivity contribution in [2.75, 3.05) is 0 Å². The normalized spacial score (nSPS) is 9.50. The lowest BCUT2D eigenvalue weighted by Gasteiger charge is -2.01. The number of rotatable bonds is 1. The molecule has 0 N–H and O–H groups in total. The zero-order valence-electron chi connectivity index (χ0n) is 6.56. The van der Waals surface area contributed by atoms with E-state index in [1.54, 1.807) is 13.0 Å². The minimum absolute atomic E-state index is 0.136. The minimum atomic E-state index is -0.457. The second kappa shape index (κ2) is 3.55. The fourth-order valence-corrected chi connectivity index (χ4v) is 1.10. The predicted molar refractivity (Wildman–Crippen MR) is 45.5 cm³/mol. The Morgan fingerprint density at radius 2 is 2.25 bits per heavy atom. The van der Waals surface area contributed by atoms with Crippen molar-refractivity contribution < 1.29 is 4.39 Å². The van der Waals surface area contributed by atoms with E-state index in [9.17, 15) is 4.39 Å². The van der Waals surface area contributed by atoms with Gasteiger partial charge in [-0.25, -0.2) is 4.39 Å². The van der Waals surface area contributed by atoms with Gasteiger partial charge in [0.1, 0.15) is 5.82 Å². The van der Waals surface area contributed by atoms with Crippen LogP contribution in [0.2, 0.25) is 5.02 Å². The highest BCUT2D eigenvalue weighted by atomic mass is 35.5. The number of halogens is 2. The van der Waals surface area contributed by atoms with Crippen LogP contribution in [-0.4, -0.2) is 0 Å². The summed E-state index contributed by atoms with van der Waals surface area (Å²) < 4.78 is 12.9. The summed E-state index contributed by atoms with van der Waals surface area (Å²) in [5, 5.41) is 8.50. The Morgan fingerprint density at radius 3 is 2.75 bits per heavy atom. The summed E-state index contributed by atoms with van der Waals surface area (Å²) in [6.07, 6.45) is 0.217. The maximum atomic E-state index is 12.9. The molecule has 0 unspecified atom stereocenters. The molecule has 62 valence electrons. The lowest BCUT2D eigenvalue weighted by atomic mass is 10.1. The first-order valence-corrected chi connectivity index (χ1v) is 3.84. The van der Waals surface area contributed by atoms with E-state index in [4.69, 9.17) is 16.9 Å². The number of hydrogen-bond acceptors (Lipinski definition) is 1. The Hall–Kier alpha value is -1.07. The molecule has 1 rings (SSSR count). The van der Waals surface area contributed by atoms with E-state index in [1.807, 2.05) is 6.07 Å². The van der Waals surface area contributed by atoms with Crippen LogP contribution in [0.5, 0.6) is 0 Å². The summed E-state index contributed by atoms with van der Waals surface area (Å²) in [7, 11) is 0. The maximum absolute atomic E-state index is 12.9. The highest BCUT2D eigenvalue weighted by Crippen LogP contribution is 2.21. The zero-order valence-corrected chi connectivity index (χ0v) is 7.32. The molecule has 0 heterocycles. The van der Waals surface area contributed by atoms with E-state index in [0.29, 0.717) is 11.1 Å². The van der Waals surface area contributed by atoms with Crippen LogP contribution in [0.3, 0.4) is 0 Å².